The number of likely N-dealkylation sites (N-methyl/N-ethyl adjacent to an activating group) is 1. The van der Waals surface area contributed by atoms with Crippen LogP contribution in [0.25, 0.3) is 11.1 Å². The number of hydrogen-bond acceptors (Lipinski definition) is 6. The summed E-state index contributed by atoms with van der Waals surface area (Å²) < 4.78 is 10.7. The van der Waals surface area contributed by atoms with Crippen LogP contribution in [0.1, 0.15) is 51.7 Å². The Kier molecular flexibility index (Phi) is 9.21. The topological polar surface area (TPSA) is 134 Å². The zero-order valence-corrected chi connectivity index (χ0v) is 23.2. The number of benzene rings is 2. The van der Waals surface area contributed by atoms with Gasteiger partial charge in [0.15, 0.2) is 0 Å². The normalized spacial score (nSPS) is 14.0. The molecule has 0 aliphatic heterocycles. The van der Waals surface area contributed by atoms with Crippen molar-refractivity contribution in [3.63, 3.8) is 0 Å². The second-order valence-corrected chi connectivity index (χ2v) is 10.9. The number of nitrogens with one attached hydrogen (secondary N) is 2. The number of carboxylic acids is 1. The van der Waals surface area contributed by atoms with E-state index in [1.165, 1.54) is 7.05 Å². The van der Waals surface area contributed by atoms with Crippen LogP contribution in [0, 0.1) is 5.92 Å². The highest BCUT2D eigenvalue weighted by Gasteiger charge is 2.35. The Morgan fingerprint density at radius 1 is 0.949 bits per heavy atom. The minimum absolute atomic E-state index is 0.0757. The summed E-state index contributed by atoms with van der Waals surface area (Å²) in [6.45, 7) is 8.20. The van der Waals surface area contributed by atoms with Gasteiger partial charge in [-0.05, 0) is 48.9 Å². The molecular formula is C29H37N3O7. The fourth-order valence-electron chi connectivity index (χ4n) is 4.54. The number of carboxylic acid groups (broad SMARTS) is 1. The average molecular weight is 540 g/mol. The maximum Gasteiger partial charge on any atom is 0.407 e. The molecule has 2 aromatic carbocycles. The van der Waals surface area contributed by atoms with Crippen molar-refractivity contribution in [2.75, 3.05) is 20.2 Å². The molecule has 0 spiro atoms. The number of fused-ring (bicyclic) bond motifs is 3. The lowest BCUT2D eigenvalue weighted by Crippen LogP contribution is -2.57. The second-order valence-electron chi connectivity index (χ2n) is 10.9. The molecule has 1 aliphatic carbocycles. The average Bonchev–Trinajstić information content (AvgIpc) is 3.18. The summed E-state index contributed by atoms with van der Waals surface area (Å²) in [5, 5.41) is 14.7. The zero-order chi connectivity index (χ0) is 28.9. The molecule has 10 nitrogen and oxygen atoms in total. The first-order chi connectivity index (χ1) is 18.3. The smallest absolute Gasteiger partial charge is 0.407 e. The van der Waals surface area contributed by atoms with Crippen LogP contribution in [0.2, 0.25) is 0 Å². The summed E-state index contributed by atoms with van der Waals surface area (Å²) in [7, 11) is 1.31. The Balaban J connectivity index is 1.64. The van der Waals surface area contributed by atoms with Crippen molar-refractivity contribution < 1.29 is 33.8 Å². The van der Waals surface area contributed by atoms with Gasteiger partial charge in [-0.15, -0.1) is 0 Å². The third kappa shape index (κ3) is 7.28. The lowest BCUT2D eigenvalue weighted by molar-refractivity contribution is -0.150. The summed E-state index contributed by atoms with van der Waals surface area (Å²) in [6.07, 6.45) is -1.58. The predicted octanol–water partition coefficient (Wildman–Crippen LogP) is 3.99. The highest BCUT2D eigenvalue weighted by molar-refractivity contribution is 5.89. The van der Waals surface area contributed by atoms with Gasteiger partial charge in [-0.3, -0.25) is 4.79 Å². The molecule has 0 unspecified atom stereocenters. The molecule has 3 rings (SSSR count). The Labute approximate surface area is 228 Å². The van der Waals surface area contributed by atoms with E-state index in [1.54, 1.807) is 34.6 Å². The first-order valence-corrected chi connectivity index (χ1v) is 12.9. The number of ether oxygens (including phenoxy) is 2. The molecule has 39 heavy (non-hydrogen) atoms. The first kappa shape index (κ1) is 29.5. The van der Waals surface area contributed by atoms with Crippen LogP contribution in [0.15, 0.2) is 48.5 Å². The molecule has 2 atom stereocenters. The fraction of sp³-hybridized carbons (Fsp3) is 0.448. The summed E-state index contributed by atoms with van der Waals surface area (Å²) in [5.74, 6) is -2.45. The summed E-state index contributed by atoms with van der Waals surface area (Å²) in [5.41, 5.74) is 3.55. The number of carbonyl (C=O) groups is 4. The van der Waals surface area contributed by atoms with E-state index >= 15 is 0 Å². The van der Waals surface area contributed by atoms with Gasteiger partial charge in [-0.1, -0.05) is 62.4 Å². The van der Waals surface area contributed by atoms with Gasteiger partial charge in [0, 0.05) is 13.0 Å². The molecule has 0 saturated heterocycles. The Morgan fingerprint density at radius 2 is 1.49 bits per heavy atom. The molecule has 3 N–H and O–H groups in total. The van der Waals surface area contributed by atoms with Crippen LogP contribution >= 0.6 is 0 Å². The van der Waals surface area contributed by atoms with E-state index in [0.717, 1.165) is 27.2 Å². The van der Waals surface area contributed by atoms with E-state index in [-0.39, 0.29) is 25.0 Å². The molecular weight excluding hydrogens is 502 g/mol. The van der Waals surface area contributed by atoms with Gasteiger partial charge in [0.2, 0.25) is 5.91 Å². The van der Waals surface area contributed by atoms with Gasteiger partial charge in [-0.25, -0.2) is 14.4 Å². The Bertz CT molecular complexity index is 1180. The lowest BCUT2D eigenvalue weighted by atomic mass is 9.98. The molecule has 0 radical (unpaired) electrons. The molecule has 2 aromatic rings. The molecule has 0 aromatic heterocycles. The van der Waals surface area contributed by atoms with Crippen LogP contribution in [-0.2, 0) is 19.1 Å². The molecule has 0 saturated carbocycles. The third-order valence-electron chi connectivity index (χ3n) is 6.49. The van der Waals surface area contributed by atoms with Crippen molar-refractivity contribution in [1.82, 2.24) is 15.5 Å². The third-order valence-corrected chi connectivity index (χ3v) is 6.49. The first-order valence-electron chi connectivity index (χ1n) is 12.9. The summed E-state index contributed by atoms with van der Waals surface area (Å²) in [6, 6.07) is 13.5. The zero-order valence-electron chi connectivity index (χ0n) is 23.2. The quantitative estimate of drug-likeness (QED) is 0.439. The van der Waals surface area contributed by atoms with Crippen molar-refractivity contribution in [2.45, 2.75) is 58.2 Å². The van der Waals surface area contributed by atoms with Gasteiger partial charge in [0.05, 0.1) is 6.54 Å². The SMILES string of the molecule is CC(C)[C@H](NC(=O)OCC1c2ccccc2-c2ccccc21)C(=O)N(C)[C@@H](CNC(=O)OC(C)(C)C)C(=O)O. The minimum Gasteiger partial charge on any atom is -0.480 e. The highest BCUT2D eigenvalue weighted by atomic mass is 16.6. The van der Waals surface area contributed by atoms with Gasteiger partial charge in [0.1, 0.15) is 24.3 Å². The highest BCUT2D eigenvalue weighted by Crippen LogP contribution is 2.44. The lowest BCUT2D eigenvalue weighted by Gasteiger charge is -2.31. The van der Waals surface area contributed by atoms with Crippen molar-refractivity contribution in [3.05, 3.63) is 59.7 Å². The number of rotatable bonds is 9. The molecule has 0 heterocycles. The largest absolute Gasteiger partial charge is 0.480 e. The van der Waals surface area contributed by atoms with E-state index in [2.05, 4.69) is 10.6 Å². The van der Waals surface area contributed by atoms with Crippen molar-refractivity contribution in [1.29, 1.82) is 0 Å². The van der Waals surface area contributed by atoms with E-state index in [0.29, 0.717) is 0 Å². The number of carbonyl (C=O) groups excluding carboxylic acids is 3. The van der Waals surface area contributed by atoms with E-state index < -0.39 is 41.7 Å². The maximum atomic E-state index is 13.3. The standard InChI is InChI=1S/C29H37N3O7/c1-17(2)24(25(33)32(6)23(26(34)35)15-30-27(36)39-29(3,4)5)31-28(37)38-16-22-20-13-9-7-11-18(20)19-12-8-10-14-21(19)22/h7-14,17,22-24H,15-16H2,1-6H3,(H,30,36)(H,31,37)(H,34,35)/t23-,24-/m0/s1. The molecule has 210 valence electrons. The predicted molar refractivity (Wildman–Crippen MR) is 145 cm³/mol. The van der Waals surface area contributed by atoms with E-state index in [9.17, 15) is 24.3 Å². The van der Waals surface area contributed by atoms with Crippen LogP contribution in [0.4, 0.5) is 9.59 Å². The van der Waals surface area contributed by atoms with Crippen LogP contribution in [0.3, 0.4) is 0 Å². The van der Waals surface area contributed by atoms with E-state index in [4.69, 9.17) is 9.47 Å². The number of hydrogen-bond donors (Lipinski definition) is 3. The number of nitrogens with zero attached hydrogens (tertiary/aromatic N) is 1. The van der Waals surface area contributed by atoms with Crippen molar-refractivity contribution in [2.24, 2.45) is 5.92 Å². The summed E-state index contributed by atoms with van der Waals surface area (Å²) >= 11 is 0. The van der Waals surface area contributed by atoms with Gasteiger partial charge >= 0.3 is 18.2 Å². The van der Waals surface area contributed by atoms with Crippen LogP contribution in [-0.4, -0.2) is 72.0 Å². The van der Waals surface area contributed by atoms with Gasteiger partial charge < -0.3 is 30.1 Å². The summed E-state index contributed by atoms with van der Waals surface area (Å²) in [4.78, 5) is 51.0. The van der Waals surface area contributed by atoms with Crippen molar-refractivity contribution in [3.8, 4) is 11.1 Å². The van der Waals surface area contributed by atoms with Crippen LogP contribution in [0.5, 0.6) is 0 Å². The molecule has 1 aliphatic rings. The number of alkyl carbamates (subject to hydrolysis) is 2. The van der Waals surface area contributed by atoms with Gasteiger partial charge in [-0.2, -0.15) is 0 Å². The molecule has 3 amide bonds. The minimum atomic E-state index is -1.38. The molecule has 0 bridgehead atoms. The van der Waals surface area contributed by atoms with Crippen LogP contribution < -0.4 is 10.6 Å². The Morgan fingerprint density at radius 3 is 1.97 bits per heavy atom. The van der Waals surface area contributed by atoms with E-state index in [1.807, 2.05) is 48.5 Å². The Hall–Kier alpha value is -4.08. The monoisotopic (exact) mass is 539 g/mol. The van der Waals surface area contributed by atoms with Crippen molar-refractivity contribution >= 4 is 24.1 Å². The molecule has 0 fully saturated rings. The maximum absolute atomic E-state index is 13.3. The number of amides is 3. The van der Waals surface area contributed by atoms with Gasteiger partial charge in [0.25, 0.3) is 0 Å². The second kappa shape index (κ2) is 12.2. The fourth-order valence-corrected chi connectivity index (χ4v) is 4.54. The number of aliphatic carboxylic acids is 1. The molecule has 10 heteroatoms.